The second-order valence-electron chi connectivity index (χ2n) is 3.63. The predicted molar refractivity (Wildman–Crippen MR) is 65.6 cm³/mol. The van der Waals surface area contributed by atoms with Crippen LogP contribution in [0, 0.1) is 0 Å². The molecule has 0 bridgehead atoms. The lowest BCUT2D eigenvalue weighted by Gasteiger charge is -2.13. The maximum absolute atomic E-state index is 10.2. The highest BCUT2D eigenvalue weighted by molar-refractivity contribution is 5.35. The molecule has 94 valence electrons. The van der Waals surface area contributed by atoms with Crippen molar-refractivity contribution in [3.8, 4) is 11.6 Å². The summed E-state index contributed by atoms with van der Waals surface area (Å²) in [5, 5.41) is 10.2. The molecule has 0 saturated carbocycles. The van der Waals surface area contributed by atoms with Crippen LogP contribution in [0.25, 0.3) is 0 Å². The molecule has 0 fully saturated rings. The number of aliphatic hydroxyl groups excluding tert-OH is 1. The number of hydrogen-bond acceptors (Lipinski definition) is 5. The summed E-state index contributed by atoms with van der Waals surface area (Å²) in [6.45, 7) is 0. The van der Waals surface area contributed by atoms with E-state index in [1.54, 1.807) is 50.9 Å². The summed E-state index contributed by atoms with van der Waals surface area (Å²) in [4.78, 5) is 8.18. The van der Waals surface area contributed by atoms with E-state index in [1.165, 1.54) is 0 Å². The van der Waals surface area contributed by atoms with E-state index in [-0.39, 0.29) is 0 Å². The number of methoxy groups -OCH3 is 2. The van der Waals surface area contributed by atoms with Crippen LogP contribution in [0.3, 0.4) is 0 Å². The molecular formula is C13H14N2O3. The lowest BCUT2D eigenvalue weighted by Crippen LogP contribution is -2.05. The fraction of sp³-hybridized carbons (Fsp3) is 0.231. The highest BCUT2D eigenvalue weighted by Crippen LogP contribution is 2.27. The zero-order chi connectivity index (χ0) is 13.0. The Labute approximate surface area is 105 Å². The number of rotatable bonds is 4. The summed E-state index contributed by atoms with van der Waals surface area (Å²) in [5.41, 5.74) is 1.10. The molecule has 0 radical (unpaired) electrons. The van der Waals surface area contributed by atoms with E-state index < -0.39 is 6.10 Å². The lowest BCUT2D eigenvalue weighted by molar-refractivity contribution is 0.208. The molecule has 1 unspecified atom stereocenters. The number of ether oxygens (including phenoxy) is 2. The Hall–Kier alpha value is -2.14. The maximum atomic E-state index is 10.2. The molecule has 0 saturated heterocycles. The average molecular weight is 246 g/mol. The van der Waals surface area contributed by atoms with Crippen LogP contribution in [-0.2, 0) is 0 Å². The Balaban J connectivity index is 2.31. The molecule has 2 rings (SSSR count). The highest BCUT2D eigenvalue weighted by Gasteiger charge is 2.16. The standard InChI is InChI=1S/C13H14N2O3/c1-17-10-4-3-7-14-12(10)13(16)9-5-6-11(18-2)15-8-9/h3-8,13,16H,1-2H3. The van der Waals surface area contributed by atoms with Crippen molar-refractivity contribution < 1.29 is 14.6 Å². The van der Waals surface area contributed by atoms with Crippen LogP contribution in [0.15, 0.2) is 36.7 Å². The zero-order valence-corrected chi connectivity index (χ0v) is 10.2. The van der Waals surface area contributed by atoms with Crippen LogP contribution in [-0.4, -0.2) is 29.3 Å². The molecule has 0 aliphatic rings. The number of hydrogen-bond donors (Lipinski definition) is 1. The predicted octanol–water partition coefficient (Wildman–Crippen LogP) is 1.58. The first kappa shape index (κ1) is 12.3. The fourth-order valence-electron chi connectivity index (χ4n) is 1.61. The number of pyridine rings is 2. The van der Waals surface area contributed by atoms with Crippen molar-refractivity contribution in [2.45, 2.75) is 6.10 Å². The second-order valence-corrected chi connectivity index (χ2v) is 3.63. The third-order valence-electron chi connectivity index (χ3n) is 2.56. The lowest BCUT2D eigenvalue weighted by atomic mass is 10.1. The number of aromatic nitrogens is 2. The van der Waals surface area contributed by atoms with Crippen molar-refractivity contribution in [2.75, 3.05) is 14.2 Å². The van der Waals surface area contributed by atoms with Crippen molar-refractivity contribution in [3.05, 3.63) is 47.9 Å². The third kappa shape index (κ3) is 2.41. The van der Waals surface area contributed by atoms with Crippen LogP contribution in [0.4, 0.5) is 0 Å². The van der Waals surface area contributed by atoms with Crippen molar-refractivity contribution in [1.29, 1.82) is 0 Å². The van der Waals surface area contributed by atoms with Crippen molar-refractivity contribution >= 4 is 0 Å². The van der Waals surface area contributed by atoms with Gasteiger partial charge in [0.1, 0.15) is 17.5 Å². The quantitative estimate of drug-likeness (QED) is 0.887. The van der Waals surface area contributed by atoms with Crippen LogP contribution < -0.4 is 9.47 Å². The van der Waals surface area contributed by atoms with Gasteiger partial charge in [0.05, 0.1) is 14.2 Å². The van der Waals surface area contributed by atoms with Gasteiger partial charge in [0.25, 0.3) is 0 Å². The topological polar surface area (TPSA) is 64.5 Å². The molecule has 0 amide bonds. The minimum absolute atomic E-state index is 0.465. The first-order chi connectivity index (χ1) is 8.76. The molecule has 0 aliphatic heterocycles. The van der Waals surface area contributed by atoms with E-state index in [0.717, 1.165) is 0 Å². The van der Waals surface area contributed by atoms with Crippen LogP contribution in [0.5, 0.6) is 11.6 Å². The van der Waals surface area contributed by atoms with Gasteiger partial charge in [-0.05, 0) is 18.2 Å². The van der Waals surface area contributed by atoms with E-state index in [2.05, 4.69) is 9.97 Å². The minimum Gasteiger partial charge on any atom is -0.495 e. The highest BCUT2D eigenvalue weighted by atomic mass is 16.5. The summed E-state index contributed by atoms with van der Waals surface area (Å²) in [6.07, 6.45) is 2.29. The Bertz CT molecular complexity index is 514. The smallest absolute Gasteiger partial charge is 0.212 e. The average Bonchev–Trinajstić information content (AvgIpc) is 2.46. The van der Waals surface area contributed by atoms with Gasteiger partial charge in [0.15, 0.2) is 0 Å². The molecule has 5 heteroatoms. The molecule has 1 N–H and O–H groups in total. The van der Waals surface area contributed by atoms with Crippen molar-refractivity contribution in [3.63, 3.8) is 0 Å². The Morgan fingerprint density at radius 1 is 1.11 bits per heavy atom. The van der Waals surface area contributed by atoms with Crippen LogP contribution in [0.1, 0.15) is 17.4 Å². The third-order valence-corrected chi connectivity index (χ3v) is 2.56. The van der Waals surface area contributed by atoms with Gasteiger partial charge >= 0.3 is 0 Å². The van der Waals surface area contributed by atoms with Crippen molar-refractivity contribution in [2.24, 2.45) is 0 Å². The van der Waals surface area contributed by atoms with E-state index in [0.29, 0.717) is 22.9 Å². The first-order valence-electron chi connectivity index (χ1n) is 5.43. The van der Waals surface area contributed by atoms with Crippen LogP contribution >= 0.6 is 0 Å². The zero-order valence-electron chi connectivity index (χ0n) is 10.2. The molecular weight excluding hydrogens is 232 g/mol. The molecule has 2 aromatic rings. The number of nitrogens with zero attached hydrogens (tertiary/aromatic N) is 2. The summed E-state index contributed by atoms with van der Waals surface area (Å²) in [7, 11) is 3.08. The van der Waals surface area contributed by atoms with Gasteiger partial charge in [0, 0.05) is 24.0 Å². The van der Waals surface area contributed by atoms with Gasteiger partial charge in [-0.15, -0.1) is 0 Å². The second kappa shape index (κ2) is 5.46. The summed E-state index contributed by atoms with van der Waals surface area (Å²) >= 11 is 0. The first-order valence-corrected chi connectivity index (χ1v) is 5.43. The van der Waals surface area contributed by atoms with Gasteiger partial charge in [-0.3, -0.25) is 4.98 Å². The summed E-state index contributed by atoms with van der Waals surface area (Å²) in [5.74, 6) is 1.04. The Morgan fingerprint density at radius 3 is 2.56 bits per heavy atom. The van der Waals surface area contributed by atoms with E-state index in [9.17, 15) is 5.11 Å². The molecule has 2 heterocycles. The molecule has 1 atom stereocenters. The van der Waals surface area contributed by atoms with Gasteiger partial charge in [-0.25, -0.2) is 4.98 Å². The van der Waals surface area contributed by atoms with Gasteiger partial charge in [0.2, 0.25) is 5.88 Å². The fourth-order valence-corrected chi connectivity index (χ4v) is 1.61. The molecule has 18 heavy (non-hydrogen) atoms. The molecule has 0 aromatic carbocycles. The van der Waals surface area contributed by atoms with Gasteiger partial charge in [-0.2, -0.15) is 0 Å². The van der Waals surface area contributed by atoms with Gasteiger partial charge < -0.3 is 14.6 Å². The SMILES string of the molecule is COc1ccc(C(O)c2ncccc2OC)cn1. The summed E-state index contributed by atoms with van der Waals surface area (Å²) in [6, 6.07) is 6.93. The molecule has 0 spiro atoms. The summed E-state index contributed by atoms with van der Waals surface area (Å²) < 4.78 is 10.1. The monoisotopic (exact) mass is 246 g/mol. The Kier molecular flexibility index (Phi) is 3.74. The van der Waals surface area contributed by atoms with E-state index in [1.807, 2.05) is 0 Å². The van der Waals surface area contributed by atoms with Crippen molar-refractivity contribution in [1.82, 2.24) is 9.97 Å². The van der Waals surface area contributed by atoms with E-state index in [4.69, 9.17) is 9.47 Å². The molecule has 0 aliphatic carbocycles. The number of aliphatic hydroxyl groups is 1. The molecule has 2 aromatic heterocycles. The normalized spacial score (nSPS) is 11.9. The Morgan fingerprint density at radius 2 is 1.94 bits per heavy atom. The van der Waals surface area contributed by atoms with Gasteiger partial charge in [-0.1, -0.05) is 0 Å². The maximum Gasteiger partial charge on any atom is 0.212 e. The minimum atomic E-state index is -0.875. The van der Waals surface area contributed by atoms with Crippen LogP contribution in [0.2, 0.25) is 0 Å². The molecule has 5 nitrogen and oxygen atoms in total. The largest absolute Gasteiger partial charge is 0.495 e. The van der Waals surface area contributed by atoms with E-state index >= 15 is 0 Å².